The van der Waals surface area contributed by atoms with Crippen LogP contribution in [0.3, 0.4) is 0 Å². The van der Waals surface area contributed by atoms with Crippen molar-refractivity contribution in [3.8, 4) is 6.07 Å². The number of hydrogen-bond donors (Lipinski definition) is 3. The summed E-state index contributed by atoms with van der Waals surface area (Å²) < 4.78 is 5.26. The lowest BCUT2D eigenvalue weighted by molar-refractivity contribution is 0.173. The number of benzene rings is 3. The summed E-state index contributed by atoms with van der Waals surface area (Å²) in [7, 11) is 0. The average molecular weight is 829 g/mol. The number of aryl methyl sites for hydroxylation is 3. The van der Waals surface area contributed by atoms with E-state index in [0.717, 1.165) is 44.9 Å². The van der Waals surface area contributed by atoms with Crippen LogP contribution in [0, 0.1) is 54.3 Å². The zero-order chi connectivity index (χ0) is 42.6. The first-order valence-electron chi connectivity index (χ1n) is 23.9. The van der Waals surface area contributed by atoms with Crippen molar-refractivity contribution in [1.82, 2.24) is 25.1 Å². The number of para-hydroxylation sites is 3. The van der Waals surface area contributed by atoms with E-state index in [9.17, 15) is 5.26 Å². The molecule has 63 heavy (non-hydrogen) atoms. The van der Waals surface area contributed by atoms with Gasteiger partial charge in [0.25, 0.3) is 0 Å². The first kappa shape index (κ1) is 39.2. The molecule has 2 aromatic heterocycles. The van der Waals surface area contributed by atoms with Crippen LogP contribution < -0.4 is 16.0 Å². The van der Waals surface area contributed by atoms with Crippen LogP contribution in [0.5, 0.6) is 0 Å². The quantitative estimate of drug-likeness (QED) is 0.154. The molecule has 1 saturated carbocycles. The van der Waals surface area contributed by atoms with Crippen molar-refractivity contribution in [1.29, 1.82) is 5.26 Å². The topological polar surface area (TPSA) is 69.7 Å². The largest absolute Gasteiger partial charge is 0.336 e. The minimum Gasteiger partial charge on any atom is -0.336 e. The lowest BCUT2D eigenvalue weighted by atomic mass is 9.74. The van der Waals surface area contributed by atoms with Crippen LogP contribution in [0.4, 0.5) is 0 Å². The van der Waals surface area contributed by atoms with Crippen molar-refractivity contribution in [2.24, 2.45) is 29.1 Å². The van der Waals surface area contributed by atoms with Gasteiger partial charge >= 0.3 is 0 Å². The summed E-state index contributed by atoms with van der Waals surface area (Å²) in [6, 6.07) is 25.4. The van der Waals surface area contributed by atoms with Crippen molar-refractivity contribution < 1.29 is 0 Å². The normalized spacial score (nSPS) is 30.9. The monoisotopic (exact) mass is 828 g/mol. The fourth-order valence-electron chi connectivity index (χ4n) is 13.6. The van der Waals surface area contributed by atoms with E-state index in [1.807, 2.05) is 0 Å². The van der Waals surface area contributed by atoms with Crippen molar-refractivity contribution in [3.63, 3.8) is 0 Å². The minimum atomic E-state index is -0.323. The maximum atomic E-state index is 11.4. The number of hydrogen-bond acceptors (Lipinski definition) is 4. The zero-order valence-electron chi connectivity index (χ0n) is 37.2. The summed E-state index contributed by atoms with van der Waals surface area (Å²) in [5, 5.41) is 28.0. The van der Waals surface area contributed by atoms with E-state index >= 15 is 0 Å². The van der Waals surface area contributed by atoms with Gasteiger partial charge in [0.15, 0.2) is 0 Å². The molecule has 5 aromatic rings. The summed E-state index contributed by atoms with van der Waals surface area (Å²) in [4.78, 5) is 0. The van der Waals surface area contributed by atoms with Gasteiger partial charge < -0.3 is 9.13 Å². The van der Waals surface area contributed by atoms with Crippen LogP contribution in [0.1, 0.15) is 93.3 Å². The summed E-state index contributed by atoms with van der Waals surface area (Å²) in [6.45, 7) is 9.50. The zero-order valence-corrected chi connectivity index (χ0v) is 37.2. The first-order valence-corrected chi connectivity index (χ1v) is 23.9. The predicted molar refractivity (Wildman–Crippen MR) is 259 cm³/mol. The molecule has 1 aliphatic heterocycles. The van der Waals surface area contributed by atoms with Gasteiger partial charge in [-0.25, -0.2) is 0 Å². The summed E-state index contributed by atoms with van der Waals surface area (Å²) in [5.41, 5.74) is 15.1. The van der Waals surface area contributed by atoms with Gasteiger partial charge in [0.2, 0.25) is 0 Å². The Hall–Kier alpha value is -5.45. The van der Waals surface area contributed by atoms with Gasteiger partial charge in [-0.2, -0.15) is 5.26 Å². The Morgan fingerprint density at radius 2 is 1.46 bits per heavy atom. The molecule has 12 rings (SSSR count). The highest BCUT2D eigenvalue weighted by Gasteiger charge is 2.50. The van der Waals surface area contributed by atoms with Crippen molar-refractivity contribution in [3.05, 3.63) is 160 Å². The molecule has 9 unspecified atom stereocenters. The number of nitrogens with one attached hydrogen (secondary N) is 3. The predicted octanol–water partition coefficient (Wildman–Crippen LogP) is 12.1. The third-order valence-electron chi connectivity index (χ3n) is 16.5. The molecule has 7 aliphatic rings. The van der Waals surface area contributed by atoms with Crippen molar-refractivity contribution in [2.75, 3.05) is 0 Å². The standard InChI is InChI=1S/C57H60N6/c1-34-16-14-23-43-44-24-15-17-35(2)53(44)63(52(34)43)51-32-50(62-48-26-12-9-21-41(48)42-22-10-13-27-49(42)62)38(33-58)30-45(51)56-60-54(36-18-6-5-7-19-36)59-55(61-56)37-28-29-40-39-20-8-11-25-46(39)57(3,4)47(40)31-37/h5-6,8-9,11-18,21,23-27,30-31,37-40,50-51,54-56,59-61H,7,10,19-20,22,28-29,32H2,1-4H3. The number of fused-ring (bicyclic) bond motifs is 9. The average Bonchev–Trinajstić information content (AvgIpc) is 3.93. The second kappa shape index (κ2) is 15.1. The molecule has 318 valence electrons. The van der Waals surface area contributed by atoms with E-state index in [0.29, 0.717) is 17.8 Å². The molecule has 2 fully saturated rings. The van der Waals surface area contributed by atoms with E-state index in [1.165, 1.54) is 72.7 Å². The Balaban J connectivity index is 1.04. The fourth-order valence-corrected chi connectivity index (χ4v) is 13.6. The highest BCUT2D eigenvalue weighted by atomic mass is 15.4. The number of rotatable bonds is 5. The number of aromatic nitrogens is 2. The summed E-state index contributed by atoms with van der Waals surface area (Å²) >= 11 is 0. The molecule has 0 bridgehead atoms. The Kier molecular flexibility index (Phi) is 9.38. The van der Waals surface area contributed by atoms with Gasteiger partial charge in [0, 0.05) is 38.7 Å². The van der Waals surface area contributed by atoms with Gasteiger partial charge in [-0.05, 0) is 117 Å². The smallest absolute Gasteiger partial charge is 0.0856 e. The number of nitriles is 1. The fraction of sp³-hybridized carbons (Fsp3) is 0.386. The lowest BCUT2D eigenvalue weighted by Crippen LogP contribution is -2.70. The Labute approximate surface area is 372 Å². The third kappa shape index (κ3) is 6.07. The van der Waals surface area contributed by atoms with Gasteiger partial charge in [-0.15, -0.1) is 0 Å². The third-order valence-corrected chi connectivity index (χ3v) is 16.5. The molecule has 6 aliphatic carbocycles. The van der Waals surface area contributed by atoms with E-state index in [2.05, 4.69) is 180 Å². The molecule has 9 atom stereocenters. The second-order valence-electron chi connectivity index (χ2n) is 20.2. The minimum absolute atomic E-state index is 0.000353. The molecule has 3 heterocycles. The van der Waals surface area contributed by atoms with Crippen LogP contribution in [0.25, 0.3) is 38.8 Å². The Bertz CT molecular complexity index is 2910. The summed E-state index contributed by atoms with van der Waals surface area (Å²) in [6.07, 6.45) is 32.1. The Morgan fingerprint density at radius 1 is 0.714 bits per heavy atom. The molecule has 1 saturated heterocycles. The number of nitrogens with zero attached hydrogens (tertiary/aromatic N) is 3. The molecule has 3 aromatic carbocycles. The first-order chi connectivity index (χ1) is 30.8. The van der Waals surface area contributed by atoms with E-state index in [1.54, 1.807) is 11.1 Å². The van der Waals surface area contributed by atoms with E-state index < -0.39 is 0 Å². The maximum absolute atomic E-state index is 11.4. The van der Waals surface area contributed by atoms with Crippen LogP contribution in [0.2, 0.25) is 0 Å². The van der Waals surface area contributed by atoms with Crippen LogP contribution >= 0.6 is 0 Å². The van der Waals surface area contributed by atoms with Crippen molar-refractivity contribution >= 4 is 38.8 Å². The molecular weight excluding hydrogens is 769 g/mol. The molecular formula is C57H60N6. The second-order valence-corrected chi connectivity index (χ2v) is 20.2. The number of allylic oxidation sites excluding steroid dienone is 10. The highest BCUT2D eigenvalue weighted by molar-refractivity contribution is 6.10. The van der Waals surface area contributed by atoms with Crippen LogP contribution in [-0.2, 0) is 6.42 Å². The lowest BCUT2D eigenvalue weighted by Gasteiger charge is -2.47. The van der Waals surface area contributed by atoms with Gasteiger partial charge in [-0.1, -0.05) is 134 Å². The maximum Gasteiger partial charge on any atom is 0.0856 e. The molecule has 6 nitrogen and oxygen atoms in total. The SMILES string of the molecule is Cc1cccc2c3cccc(C)c3n(C3CC(n4c5c(c6ccccc64)CCC=C5)C(C#N)C=C3C3NC(C4=CC=CCC4)NC(C4C=C5C(CC4)C4CC=CC=C4C5(C)C)N3)c12. The molecule has 3 N–H and O–H groups in total. The molecule has 0 spiro atoms. The van der Waals surface area contributed by atoms with E-state index in [-0.39, 0.29) is 41.9 Å². The van der Waals surface area contributed by atoms with E-state index in [4.69, 9.17) is 0 Å². The Morgan fingerprint density at radius 3 is 2.24 bits per heavy atom. The van der Waals surface area contributed by atoms with Crippen LogP contribution in [0.15, 0.2) is 138 Å². The van der Waals surface area contributed by atoms with Crippen LogP contribution in [-0.4, -0.2) is 27.6 Å². The molecule has 0 amide bonds. The van der Waals surface area contributed by atoms with Gasteiger partial charge in [0.05, 0.1) is 53.6 Å². The van der Waals surface area contributed by atoms with Gasteiger partial charge in [-0.3, -0.25) is 16.0 Å². The molecule has 0 radical (unpaired) electrons. The van der Waals surface area contributed by atoms with Crippen molar-refractivity contribution in [2.45, 2.75) is 110 Å². The summed E-state index contributed by atoms with van der Waals surface area (Å²) in [5.74, 6) is 1.26. The highest BCUT2D eigenvalue weighted by Crippen LogP contribution is 2.59. The van der Waals surface area contributed by atoms with Gasteiger partial charge in [0.1, 0.15) is 0 Å². The molecule has 6 heteroatoms.